The molecule has 3 heterocycles. The number of benzene rings is 2. The Morgan fingerprint density at radius 3 is 2.48 bits per heavy atom. The van der Waals surface area contributed by atoms with Crippen molar-refractivity contribution in [1.29, 1.82) is 0 Å². The van der Waals surface area contributed by atoms with Crippen molar-refractivity contribution in [2.24, 2.45) is 0 Å². The van der Waals surface area contributed by atoms with Crippen LogP contribution in [0.3, 0.4) is 0 Å². The molecule has 2 aliphatic heterocycles. The molecular weight excluding hydrogens is 461 g/mol. The van der Waals surface area contributed by atoms with E-state index in [2.05, 4.69) is 46.7 Å². The third-order valence-electron chi connectivity index (χ3n) is 6.36. The standard InChI is InChI=1S/C25H24ClN3O3.ClH/c1-14-11-22(32-28-14)24(30)23-19-12-18(20(26)13-21(19)27-25(23)31)17-5-3-15(4-6-17)16-7-9-29(2)10-8-16;/h3-6,11-13,16,30H,7-10H2,1-2H3,(H,27,31);1H. The molecular formula is C25H25Cl2N3O3. The number of hydrogen-bond donors (Lipinski definition) is 2. The molecule has 1 fully saturated rings. The van der Waals surface area contributed by atoms with Crippen LogP contribution in [-0.4, -0.2) is 41.2 Å². The second-order valence-corrected chi connectivity index (χ2v) is 8.99. The smallest absolute Gasteiger partial charge is 0.260 e. The molecule has 6 nitrogen and oxygen atoms in total. The summed E-state index contributed by atoms with van der Waals surface area (Å²) in [6, 6.07) is 13.7. The SMILES string of the molecule is Cc1cc(C(O)=C2C(=O)Nc3cc(Cl)c(-c4ccc(C5CCN(C)CC5)cc4)cc32)on1.Cl. The van der Waals surface area contributed by atoms with Crippen LogP contribution in [0, 0.1) is 6.92 Å². The van der Waals surface area contributed by atoms with Gasteiger partial charge >= 0.3 is 0 Å². The molecule has 1 amide bonds. The number of aliphatic hydroxyl groups is 1. The predicted molar refractivity (Wildman–Crippen MR) is 133 cm³/mol. The van der Waals surface area contributed by atoms with Gasteiger partial charge in [-0.25, -0.2) is 0 Å². The number of hydrogen-bond acceptors (Lipinski definition) is 5. The van der Waals surface area contributed by atoms with Crippen molar-refractivity contribution in [3.05, 3.63) is 70.1 Å². The van der Waals surface area contributed by atoms with Crippen LogP contribution in [0.15, 0.2) is 47.0 Å². The van der Waals surface area contributed by atoms with Gasteiger partial charge in [-0.15, -0.1) is 12.4 Å². The maximum Gasteiger partial charge on any atom is 0.260 e. The van der Waals surface area contributed by atoms with Crippen molar-refractivity contribution in [2.45, 2.75) is 25.7 Å². The largest absolute Gasteiger partial charge is 0.504 e. The Labute approximate surface area is 203 Å². The molecule has 0 spiro atoms. The summed E-state index contributed by atoms with van der Waals surface area (Å²) < 4.78 is 5.15. The van der Waals surface area contributed by atoms with Gasteiger partial charge in [0.2, 0.25) is 5.76 Å². The van der Waals surface area contributed by atoms with Gasteiger partial charge in [0.15, 0.2) is 5.76 Å². The van der Waals surface area contributed by atoms with Crippen LogP contribution < -0.4 is 5.32 Å². The van der Waals surface area contributed by atoms with E-state index >= 15 is 0 Å². The van der Waals surface area contributed by atoms with Crippen LogP contribution in [-0.2, 0) is 4.79 Å². The van der Waals surface area contributed by atoms with E-state index in [1.54, 1.807) is 19.1 Å². The third-order valence-corrected chi connectivity index (χ3v) is 6.67. The summed E-state index contributed by atoms with van der Waals surface area (Å²) >= 11 is 6.58. The molecule has 0 atom stereocenters. The maximum atomic E-state index is 12.6. The zero-order valence-corrected chi connectivity index (χ0v) is 20.0. The zero-order chi connectivity index (χ0) is 22.4. The lowest BCUT2D eigenvalue weighted by atomic mass is 9.88. The number of halogens is 2. The molecule has 0 saturated carbocycles. The van der Waals surface area contributed by atoms with E-state index in [0.29, 0.717) is 27.9 Å². The topological polar surface area (TPSA) is 78.6 Å². The van der Waals surface area contributed by atoms with E-state index in [1.165, 1.54) is 5.56 Å². The average molecular weight is 486 g/mol. The molecule has 2 N–H and O–H groups in total. The van der Waals surface area contributed by atoms with E-state index in [1.807, 2.05) is 6.07 Å². The Morgan fingerprint density at radius 1 is 1.15 bits per heavy atom. The number of aromatic nitrogens is 1. The summed E-state index contributed by atoms with van der Waals surface area (Å²) in [7, 11) is 2.17. The van der Waals surface area contributed by atoms with Crippen LogP contribution in [0.4, 0.5) is 5.69 Å². The minimum absolute atomic E-state index is 0. The number of fused-ring (bicyclic) bond motifs is 1. The Bertz CT molecular complexity index is 1230. The van der Waals surface area contributed by atoms with Gasteiger partial charge in [-0.1, -0.05) is 41.0 Å². The van der Waals surface area contributed by atoms with E-state index in [9.17, 15) is 9.90 Å². The molecule has 3 aromatic rings. The van der Waals surface area contributed by atoms with Gasteiger partial charge in [-0.05, 0) is 69.1 Å². The number of aryl methyl sites for hydroxylation is 1. The highest BCUT2D eigenvalue weighted by Crippen LogP contribution is 2.42. The molecule has 0 aliphatic carbocycles. The number of carbonyl (C=O) groups excluding carboxylic acids is 1. The molecule has 8 heteroatoms. The van der Waals surface area contributed by atoms with Gasteiger partial charge in [0.05, 0.1) is 22.0 Å². The number of rotatable bonds is 3. The van der Waals surface area contributed by atoms with E-state index in [0.717, 1.165) is 37.1 Å². The fraction of sp³-hybridized carbons (Fsp3) is 0.280. The van der Waals surface area contributed by atoms with Crippen LogP contribution in [0.25, 0.3) is 22.5 Å². The number of nitrogens with zero attached hydrogens (tertiary/aromatic N) is 2. The lowest BCUT2D eigenvalue weighted by molar-refractivity contribution is -0.110. The van der Waals surface area contributed by atoms with Crippen molar-refractivity contribution >= 4 is 46.9 Å². The minimum Gasteiger partial charge on any atom is -0.504 e. The first-order valence-corrected chi connectivity index (χ1v) is 11.1. The van der Waals surface area contributed by atoms with Crippen LogP contribution in [0.2, 0.25) is 5.02 Å². The number of aliphatic hydroxyl groups excluding tert-OH is 1. The van der Waals surface area contributed by atoms with E-state index in [4.69, 9.17) is 16.1 Å². The van der Waals surface area contributed by atoms with E-state index in [-0.39, 0.29) is 29.5 Å². The Hall–Kier alpha value is -2.80. The van der Waals surface area contributed by atoms with Gasteiger partial charge in [0.25, 0.3) is 5.91 Å². The quantitative estimate of drug-likeness (QED) is 0.355. The normalized spacial score (nSPS) is 18.0. The average Bonchev–Trinajstić information content (AvgIpc) is 3.35. The number of likely N-dealkylation sites (tertiary alicyclic amines) is 1. The number of amides is 1. The number of carbonyl (C=O) groups is 1. The summed E-state index contributed by atoms with van der Waals surface area (Å²) in [6.45, 7) is 3.99. The Balaban J connectivity index is 0.00000259. The molecule has 0 bridgehead atoms. The zero-order valence-electron chi connectivity index (χ0n) is 18.4. The molecule has 1 saturated heterocycles. The third kappa shape index (κ3) is 4.38. The molecule has 1 aromatic heterocycles. The minimum atomic E-state index is -0.405. The van der Waals surface area contributed by atoms with Gasteiger partial charge in [-0.3, -0.25) is 4.79 Å². The monoisotopic (exact) mass is 485 g/mol. The summed E-state index contributed by atoms with van der Waals surface area (Å²) in [6.07, 6.45) is 2.33. The van der Waals surface area contributed by atoms with Gasteiger partial charge < -0.3 is 19.8 Å². The fourth-order valence-corrected chi connectivity index (χ4v) is 4.79. The highest BCUT2D eigenvalue weighted by atomic mass is 35.5. The molecule has 0 radical (unpaired) electrons. The van der Waals surface area contributed by atoms with Gasteiger partial charge in [0, 0.05) is 17.2 Å². The van der Waals surface area contributed by atoms with Crippen LogP contribution in [0.1, 0.15) is 41.3 Å². The highest BCUT2D eigenvalue weighted by Gasteiger charge is 2.31. The maximum absolute atomic E-state index is 12.6. The first kappa shape index (κ1) is 23.4. The van der Waals surface area contributed by atoms with Crippen molar-refractivity contribution in [1.82, 2.24) is 10.1 Å². The lowest BCUT2D eigenvalue weighted by Gasteiger charge is -2.29. The van der Waals surface area contributed by atoms with Crippen LogP contribution in [0.5, 0.6) is 0 Å². The van der Waals surface area contributed by atoms with Crippen LogP contribution >= 0.6 is 24.0 Å². The molecule has 2 aromatic carbocycles. The second kappa shape index (κ2) is 9.21. The summed E-state index contributed by atoms with van der Waals surface area (Å²) in [5.74, 6) is 0.0824. The highest BCUT2D eigenvalue weighted by molar-refractivity contribution is 6.38. The van der Waals surface area contributed by atoms with Crippen molar-refractivity contribution in [3.8, 4) is 11.1 Å². The number of piperidine rings is 1. The van der Waals surface area contributed by atoms with Crippen molar-refractivity contribution in [2.75, 3.05) is 25.5 Å². The summed E-state index contributed by atoms with van der Waals surface area (Å²) in [4.78, 5) is 15.0. The Morgan fingerprint density at radius 2 is 1.85 bits per heavy atom. The fourth-order valence-electron chi connectivity index (χ4n) is 4.52. The first-order valence-electron chi connectivity index (χ1n) is 10.7. The van der Waals surface area contributed by atoms with Crippen molar-refractivity contribution in [3.63, 3.8) is 0 Å². The molecule has 2 aliphatic rings. The van der Waals surface area contributed by atoms with E-state index < -0.39 is 5.91 Å². The van der Waals surface area contributed by atoms with Gasteiger partial charge in [0.1, 0.15) is 0 Å². The lowest BCUT2D eigenvalue weighted by Crippen LogP contribution is -2.29. The van der Waals surface area contributed by atoms with Gasteiger partial charge in [-0.2, -0.15) is 0 Å². The Kier molecular flexibility index (Phi) is 6.52. The number of nitrogens with one attached hydrogen (secondary N) is 1. The predicted octanol–water partition coefficient (Wildman–Crippen LogP) is 5.91. The molecule has 5 rings (SSSR count). The number of anilines is 1. The molecule has 0 unspecified atom stereocenters. The summed E-state index contributed by atoms with van der Waals surface area (Å²) in [5.41, 5.74) is 5.02. The molecule has 172 valence electrons. The summed E-state index contributed by atoms with van der Waals surface area (Å²) in [5, 5.41) is 17.8. The van der Waals surface area contributed by atoms with Crippen molar-refractivity contribution < 1.29 is 14.4 Å². The second-order valence-electron chi connectivity index (χ2n) is 8.59. The molecule has 33 heavy (non-hydrogen) atoms. The first-order chi connectivity index (χ1) is 15.4.